The molecule has 226 valence electrons. The first kappa shape index (κ1) is 30.7. The van der Waals surface area contributed by atoms with Crippen LogP contribution in [0.5, 0.6) is 5.75 Å². The first-order chi connectivity index (χ1) is 20.5. The van der Waals surface area contributed by atoms with E-state index in [2.05, 4.69) is 50.2 Å². The van der Waals surface area contributed by atoms with Crippen LogP contribution in [0.15, 0.2) is 83.5 Å². The second-order valence-electron chi connectivity index (χ2n) is 10.9. The van der Waals surface area contributed by atoms with Crippen molar-refractivity contribution in [3.63, 3.8) is 0 Å². The minimum Gasteiger partial charge on any atom is -0.497 e. The maximum absolute atomic E-state index is 14.5. The summed E-state index contributed by atoms with van der Waals surface area (Å²) >= 11 is 3.43. The molecule has 0 radical (unpaired) electrons. The topological polar surface area (TPSA) is 63.5 Å². The fourth-order valence-electron chi connectivity index (χ4n) is 5.74. The number of alkyl halides is 3. The lowest BCUT2D eigenvalue weighted by Gasteiger charge is -2.44. The van der Waals surface area contributed by atoms with Crippen molar-refractivity contribution in [1.29, 1.82) is 0 Å². The molecule has 1 saturated heterocycles. The number of carbonyl (C=O) groups is 1. The Labute approximate surface area is 257 Å². The zero-order chi connectivity index (χ0) is 30.7. The summed E-state index contributed by atoms with van der Waals surface area (Å²) in [5.41, 5.74) is 2.01. The molecule has 0 N–H and O–H groups in total. The first-order valence-corrected chi connectivity index (χ1v) is 14.8. The smallest absolute Gasteiger partial charge is 0.416 e. The summed E-state index contributed by atoms with van der Waals surface area (Å²) in [4.78, 5) is 18.3. The lowest BCUT2D eigenvalue weighted by molar-refractivity contribution is -0.137. The summed E-state index contributed by atoms with van der Waals surface area (Å²) in [5, 5.41) is 8.55. The predicted octanol–water partition coefficient (Wildman–Crippen LogP) is 7.18. The highest BCUT2D eigenvalue weighted by molar-refractivity contribution is 9.10. The summed E-state index contributed by atoms with van der Waals surface area (Å²) < 4.78 is 48.7. The number of piperidine rings is 1. The number of likely N-dealkylation sites (tertiary alicyclic amines) is 1. The van der Waals surface area contributed by atoms with Crippen molar-refractivity contribution in [3.05, 3.63) is 106 Å². The van der Waals surface area contributed by atoms with E-state index in [0.717, 1.165) is 29.0 Å². The molecule has 0 aliphatic carbocycles. The number of rotatable bonds is 8. The molecule has 1 fully saturated rings. The summed E-state index contributed by atoms with van der Waals surface area (Å²) in [6, 6.07) is 20.5. The molecule has 1 aromatic heterocycles. The van der Waals surface area contributed by atoms with Crippen molar-refractivity contribution in [2.24, 2.45) is 13.0 Å². The Morgan fingerprint density at radius 3 is 2.40 bits per heavy atom. The molecule has 0 saturated carbocycles. The molecule has 0 bridgehead atoms. The average Bonchev–Trinajstić information content (AvgIpc) is 3.43. The van der Waals surface area contributed by atoms with Crippen LogP contribution in [0.25, 0.3) is 0 Å². The maximum atomic E-state index is 14.5. The lowest BCUT2D eigenvalue weighted by atomic mass is 9.83. The molecule has 1 unspecified atom stereocenters. The van der Waals surface area contributed by atoms with Crippen LogP contribution in [0.3, 0.4) is 0 Å². The molecule has 7 nitrogen and oxygen atoms in total. The molecular formula is C32H33BrF3N5O2. The van der Waals surface area contributed by atoms with E-state index in [1.54, 1.807) is 31.0 Å². The van der Waals surface area contributed by atoms with Gasteiger partial charge in [0.2, 0.25) is 5.91 Å². The highest BCUT2D eigenvalue weighted by Gasteiger charge is 2.41. The van der Waals surface area contributed by atoms with Gasteiger partial charge in [-0.3, -0.25) is 14.4 Å². The van der Waals surface area contributed by atoms with Crippen LogP contribution >= 0.6 is 15.9 Å². The SMILES string of the molecule is COc1ccc(CN(C(=O)C2C[C@H](C)N(Cc3ccccc3)[C@H](c3cn(C)nn3)C2)c2cc(C(F)(F)F)ccc2Br)cc1. The third kappa shape index (κ3) is 7.10. The van der Waals surface area contributed by atoms with E-state index in [1.165, 1.54) is 11.0 Å². The largest absolute Gasteiger partial charge is 0.497 e. The van der Waals surface area contributed by atoms with Crippen LogP contribution in [0.2, 0.25) is 0 Å². The van der Waals surface area contributed by atoms with E-state index >= 15 is 0 Å². The Balaban J connectivity index is 1.51. The minimum atomic E-state index is -4.56. The van der Waals surface area contributed by atoms with E-state index in [9.17, 15) is 18.0 Å². The van der Waals surface area contributed by atoms with Crippen LogP contribution in [0, 0.1) is 5.92 Å². The first-order valence-electron chi connectivity index (χ1n) is 14.0. The number of hydrogen-bond acceptors (Lipinski definition) is 5. The van der Waals surface area contributed by atoms with Crippen LogP contribution in [0.4, 0.5) is 18.9 Å². The molecule has 1 aliphatic rings. The number of halogens is 4. The lowest BCUT2D eigenvalue weighted by Crippen LogP contribution is -2.47. The Hall–Kier alpha value is -3.70. The van der Waals surface area contributed by atoms with Crippen LogP contribution < -0.4 is 9.64 Å². The average molecular weight is 657 g/mol. The molecule has 0 spiro atoms. The van der Waals surface area contributed by atoms with Crippen molar-refractivity contribution in [2.45, 2.75) is 51.1 Å². The van der Waals surface area contributed by atoms with E-state index in [0.29, 0.717) is 29.6 Å². The van der Waals surface area contributed by atoms with Gasteiger partial charge in [0.15, 0.2) is 0 Å². The molecule has 3 aromatic carbocycles. The Morgan fingerprint density at radius 1 is 1.05 bits per heavy atom. The van der Waals surface area contributed by atoms with Crippen molar-refractivity contribution in [3.8, 4) is 5.75 Å². The summed E-state index contributed by atoms with van der Waals surface area (Å²) in [6.45, 7) is 2.84. The van der Waals surface area contributed by atoms with Gasteiger partial charge in [0, 0.05) is 36.2 Å². The summed E-state index contributed by atoms with van der Waals surface area (Å²) in [7, 11) is 3.36. The van der Waals surface area contributed by atoms with Crippen molar-refractivity contribution in [2.75, 3.05) is 12.0 Å². The van der Waals surface area contributed by atoms with Gasteiger partial charge >= 0.3 is 6.18 Å². The predicted molar refractivity (Wildman–Crippen MR) is 161 cm³/mol. The molecule has 3 atom stereocenters. The zero-order valence-corrected chi connectivity index (χ0v) is 25.7. The zero-order valence-electron chi connectivity index (χ0n) is 24.1. The number of amides is 1. The van der Waals surface area contributed by atoms with Gasteiger partial charge in [0.25, 0.3) is 0 Å². The van der Waals surface area contributed by atoms with Gasteiger partial charge in [-0.25, -0.2) is 0 Å². The van der Waals surface area contributed by atoms with E-state index < -0.39 is 17.7 Å². The minimum absolute atomic E-state index is 0.0114. The quantitative estimate of drug-likeness (QED) is 0.201. The maximum Gasteiger partial charge on any atom is 0.416 e. The Bertz CT molecular complexity index is 1540. The van der Waals surface area contributed by atoms with Gasteiger partial charge < -0.3 is 9.64 Å². The number of benzene rings is 3. The summed E-state index contributed by atoms with van der Waals surface area (Å²) in [5.74, 6) is -0.0574. The van der Waals surface area contributed by atoms with Gasteiger partial charge in [0.05, 0.1) is 36.6 Å². The number of carbonyl (C=O) groups excluding carboxylic acids is 1. The van der Waals surface area contributed by atoms with Gasteiger partial charge in [0.1, 0.15) is 5.75 Å². The van der Waals surface area contributed by atoms with Crippen molar-refractivity contribution in [1.82, 2.24) is 19.9 Å². The van der Waals surface area contributed by atoms with Gasteiger partial charge in [-0.15, -0.1) is 5.10 Å². The monoisotopic (exact) mass is 655 g/mol. The van der Waals surface area contributed by atoms with E-state index in [4.69, 9.17) is 4.74 Å². The third-order valence-corrected chi connectivity index (χ3v) is 8.62. The molecule has 4 aromatic rings. The highest BCUT2D eigenvalue weighted by atomic mass is 79.9. The Kier molecular flexibility index (Phi) is 9.22. The second-order valence-corrected chi connectivity index (χ2v) is 11.8. The normalized spacial score (nSPS) is 19.3. The summed E-state index contributed by atoms with van der Waals surface area (Å²) in [6.07, 6.45) is -1.71. The van der Waals surface area contributed by atoms with Crippen LogP contribution in [-0.2, 0) is 31.1 Å². The molecule has 2 heterocycles. The number of methoxy groups -OCH3 is 1. The van der Waals surface area contributed by atoms with Gasteiger partial charge in [-0.05, 0) is 77.2 Å². The fourth-order valence-corrected chi connectivity index (χ4v) is 6.20. The number of aryl methyl sites for hydroxylation is 1. The standard InChI is InChI=1S/C32H33BrF3N5O2/c1-21-15-24(16-30(28-20-39(2)38-37-28)40(21)18-22-7-5-4-6-8-22)31(42)41(19-23-9-12-26(43-3)13-10-23)29-17-25(32(34,35)36)11-14-27(29)33/h4-14,17,20-21,24,30H,15-16,18-19H2,1-3H3/t21-,24?,30-/m0/s1. The van der Waals surface area contributed by atoms with Crippen LogP contribution in [-0.4, -0.2) is 39.0 Å². The number of nitrogens with zero attached hydrogens (tertiary/aromatic N) is 5. The van der Waals surface area contributed by atoms with E-state index in [1.807, 2.05) is 36.5 Å². The Morgan fingerprint density at radius 2 is 1.77 bits per heavy atom. The second kappa shape index (κ2) is 12.9. The fraction of sp³-hybridized carbons (Fsp3) is 0.344. The van der Waals surface area contributed by atoms with Crippen molar-refractivity contribution < 1.29 is 22.7 Å². The van der Waals surface area contributed by atoms with E-state index in [-0.39, 0.29) is 30.2 Å². The molecular weight excluding hydrogens is 623 g/mol. The number of anilines is 1. The molecule has 1 aliphatic heterocycles. The van der Waals surface area contributed by atoms with Gasteiger partial charge in [-0.2, -0.15) is 13.2 Å². The van der Waals surface area contributed by atoms with Crippen LogP contribution in [0.1, 0.15) is 48.2 Å². The third-order valence-electron chi connectivity index (χ3n) is 7.95. The molecule has 43 heavy (non-hydrogen) atoms. The number of hydrogen-bond donors (Lipinski definition) is 0. The molecule has 11 heteroatoms. The number of ether oxygens (including phenoxy) is 1. The van der Waals surface area contributed by atoms with Gasteiger partial charge in [-0.1, -0.05) is 47.7 Å². The molecule has 5 rings (SSSR count). The molecule has 1 amide bonds. The number of aromatic nitrogens is 3. The highest BCUT2D eigenvalue weighted by Crippen LogP contribution is 2.41. The van der Waals surface area contributed by atoms with Crippen molar-refractivity contribution >= 4 is 27.5 Å².